The fourth-order valence-electron chi connectivity index (χ4n) is 1.83. The maximum Gasteiger partial charge on any atom is 0.242 e. The van der Waals surface area contributed by atoms with Gasteiger partial charge in [0.1, 0.15) is 0 Å². The van der Waals surface area contributed by atoms with Gasteiger partial charge in [0.2, 0.25) is 15.9 Å². The molecule has 0 radical (unpaired) electrons. The number of anilines is 1. The van der Waals surface area contributed by atoms with E-state index in [-0.39, 0.29) is 4.90 Å². The van der Waals surface area contributed by atoms with Gasteiger partial charge in [0, 0.05) is 15.7 Å². The fraction of sp³-hybridized carbons (Fsp3) is 0.133. The van der Waals surface area contributed by atoms with E-state index in [4.69, 9.17) is 23.2 Å². The highest BCUT2D eigenvalue weighted by Crippen LogP contribution is 2.22. The summed E-state index contributed by atoms with van der Waals surface area (Å²) >= 11 is 11.7. The largest absolute Gasteiger partial charge is 0.325 e. The number of carbonyl (C=O) groups excluding carboxylic acids is 1. The zero-order valence-corrected chi connectivity index (χ0v) is 14.4. The van der Waals surface area contributed by atoms with E-state index in [0.29, 0.717) is 15.7 Å². The lowest BCUT2D eigenvalue weighted by molar-refractivity contribution is -0.117. The molecule has 1 atom stereocenters. The van der Waals surface area contributed by atoms with Crippen molar-refractivity contribution in [3.8, 4) is 0 Å². The molecule has 0 heterocycles. The van der Waals surface area contributed by atoms with Crippen LogP contribution in [0, 0.1) is 0 Å². The summed E-state index contributed by atoms with van der Waals surface area (Å²) in [6.07, 6.45) is 0. The van der Waals surface area contributed by atoms with Gasteiger partial charge < -0.3 is 5.32 Å². The third-order valence-electron chi connectivity index (χ3n) is 2.91. The van der Waals surface area contributed by atoms with Crippen molar-refractivity contribution in [1.82, 2.24) is 4.72 Å². The van der Waals surface area contributed by atoms with Crippen LogP contribution >= 0.6 is 23.2 Å². The second-order valence-corrected chi connectivity index (χ2v) is 7.39. The number of nitrogens with one attached hydrogen (secondary N) is 2. The van der Waals surface area contributed by atoms with Crippen molar-refractivity contribution in [3.05, 3.63) is 58.6 Å². The van der Waals surface area contributed by atoms with Crippen molar-refractivity contribution in [2.24, 2.45) is 0 Å². The minimum absolute atomic E-state index is 0.0884. The first kappa shape index (κ1) is 17.7. The van der Waals surface area contributed by atoms with Gasteiger partial charge in [-0.25, -0.2) is 8.42 Å². The van der Waals surface area contributed by atoms with Gasteiger partial charge in [-0.15, -0.1) is 0 Å². The molecule has 1 unspecified atom stereocenters. The molecule has 0 bridgehead atoms. The van der Waals surface area contributed by atoms with Crippen LogP contribution in [0.1, 0.15) is 6.92 Å². The predicted octanol–water partition coefficient (Wildman–Crippen LogP) is 3.30. The first-order chi connectivity index (χ1) is 10.8. The molecule has 2 N–H and O–H groups in total. The van der Waals surface area contributed by atoms with E-state index in [1.54, 1.807) is 18.2 Å². The Kier molecular flexibility index (Phi) is 5.64. The van der Waals surface area contributed by atoms with E-state index in [2.05, 4.69) is 10.0 Å². The quantitative estimate of drug-likeness (QED) is 0.845. The lowest BCUT2D eigenvalue weighted by Crippen LogP contribution is -2.41. The second-order valence-electron chi connectivity index (χ2n) is 4.80. The van der Waals surface area contributed by atoms with Gasteiger partial charge in [-0.05, 0) is 37.3 Å². The molecule has 0 spiro atoms. The van der Waals surface area contributed by atoms with E-state index < -0.39 is 22.0 Å². The molecule has 1 amide bonds. The minimum Gasteiger partial charge on any atom is -0.325 e. The first-order valence-corrected chi connectivity index (χ1v) is 8.86. The molecule has 0 fully saturated rings. The normalized spacial score (nSPS) is 12.7. The standard InChI is InChI=1S/C15H14Cl2N2O3S/c1-10(19-23(21,22)14-5-3-2-4-6-14)15(20)18-13-8-11(16)7-12(17)9-13/h2-10,19H,1H3,(H,18,20). The van der Waals surface area contributed by atoms with Gasteiger partial charge >= 0.3 is 0 Å². The lowest BCUT2D eigenvalue weighted by Gasteiger charge is -2.14. The Morgan fingerprint density at radius 2 is 1.61 bits per heavy atom. The molecule has 0 aromatic heterocycles. The van der Waals surface area contributed by atoms with Crippen molar-refractivity contribution in [2.45, 2.75) is 17.9 Å². The molecule has 5 nitrogen and oxygen atoms in total. The Bertz CT molecular complexity index is 790. The van der Waals surface area contributed by atoms with Crippen LogP contribution in [-0.4, -0.2) is 20.4 Å². The Hall–Kier alpha value is -1.60. The van der Waals surface area contributed by atoms with Crippen LogP contribution in [0.5, 0.6) is 0 Å². The molecular formula is C15H14Cl2N2O3S. The number of amides is 1. The number of sulfonamides is 1. The summed E-state index contributed by atoms with van der Waals surface area (Å²) in [5, 5.41) is 3.29. The van der Waals surface area contributed by atoms with Crippen molar-refractivity contribution in [1.29, 1.82) is 0 Å². The van der Waals surface area contributed by atoms with Gasteiger partial charge in [-0.3, -0.25) is 4.79 Å². The number of halogens is 2. The topological polar surface area (TPSA) is 75.3 Å². The molecular weight excluding hydrogens is 359 g/mol. The average molecular weight is 373 g/mol. The fourth-order valence-corrected chi connectivity index (χ4v) is 3.58. The first-order valence-electron chi connectivity index (χ1n) is 6.62. The van der Waals surface area contributed by atoms with Crippen molar-refractivity contribution >= 4 is 44.8 Å². The Balaban J connectivity index is 2.08. The van der Waals surface area contributed by atoms with Gasteiger partial charge in [0.15, 0.2) is 0 Å². The molecule has 0 aliphatic heterocycles. The molecule has 2 aromatic carbocycles. The highest BCUT2D eigenvalue weighted by Gasteiger charge is 2.22. The van der Waals surface area contributed by atoms with Crippen molar-refractivity contribution in [2.75, 3.05) is 5.32 Å². The van der Waals surface area contributed by atoms with Gasteiger partial charge in [-0.1, -0.05) is 41.4 Å². The average Bonchev–Trinajstić information content (AvgIpc) is 2.46. The van der Waals surface area contributed by atoms with E-state index >= 15 is 0 Å². The predicted molar refractivity (Wildman–Crippen MR) is 91.3 cm³/mol. The van der Waals surface area contributed by atoms with E-state index in [0.717, 1.165) is 0 Å². The monoisotopic (exact) mass is 372 g/mol. The van der Waals surface area contributed by atoms with Crippen LogP contribution in [0.15, 0.2) is 53.4 Å². The van der Waals surface area contributed by atoms with Crippen LogP contribution in [0.25, 0.3) is 0 Å². The number of hydrogen-bond acceptors (Lipinski definition) is 3. The summed E-state index contributed by atoms with van der Waals surface area (Å²) in [7, 11) is -3.78. The third kappa shape index (κ3) is 4.94. The summed E-state index contributed by atoms with van der Waals surface area (Å²) in [4.78, 5) is 12.2. The molecule has 8 heteroatoms. The summed E-state index contributed by atoms with van der Waals surface area (Å²) in [5.74, 6) is -0.525. The number of rotatable bonds is 5. The Morgan fingerprint density at radius 1 is 1.04 bits per heavy atom. The maximum absolute atomic E-state index is 12.2. The molecule has 0 aliphatic rings. The minimum atomic E-state index is -3.78. The molecule has 122 valence electrons. The van der Waals surface area contributed by atoms with E-state index in [9.17, 15) is 13.2 Å². The van der Waals surface area contributed by atoms with Crippen LogP contribution in [0.4, 0.5) is 5.69 Å². The van der Waals surface area contributed by atoms with Gasteiger partial charge in [0.05, 0.1) is 10.9 Å². The van der Waals surface area contributed by atoms with Crippen molar-refractivity contribution < 1.29 is 13.2 Å². The van der Waals surface area contributed by atoms with Gasteiger partial charge in [-0.2, -0.15) is 4.72 Å². The summed E-state index contributed by atoms with van der Waals surface area (Å²) in [6, 6.07) is 11.4. The van der Waals surface area contributed by atoms with E-state index in [1.165, 1.54) is 37.3 Å². The zero-order chi connectivity index (χ0) is 17.0. The summed E-state index contributed by atoms with van der Waals surface area (Å²) < 4.78 is 26.7. The number of carbonyl (C=O) groups is 1. The smallest absolute Gasteiger partial charge is 0.242 e. The van der Waals surface area contributed by atoms with Crippen LogP contribution in [0.3, 0.4) is 0 Å². The van der Waals surface area contributed by atoms with Crippen LogP contribution in [0.2, 0.25) is 10.0 Å². The zero-order valence-electron chi connectivity index (χ0n) is 12.1. The molecule has 0 aliphatic carbocycles. The molecule has 0 saturated heterocycles. The lowest BCUT2D eigenvalue weighted by atomic mass is 10.3. The highest BCUT2D eigenvalue weighted by atomic mass is 35.5. The number of hydrogen-bond donors (Lipinski definition) is 2. The number of benzene rings is 2. The molecule has 23 heavy (non-hydrogen) atoms. The van der Waals surface area contributed by atoms with Gasteiger partial charge in [0.25, 0.3) is 0 Å². The highest BCUT2D eigenvalue weighted by molar-refractivity contribution is 7.89. The second kappa shape index (κ2) is 7.31. The van der Waals surface area contributed by atoms with E-state index in [1.807, 2.05) is 0 Å². The molecule has 2 rings (SSSR count). The third-order valence-corrected chi connectivity index (χ3v) is 4.90. The Morgan fingerprint density at radius 3 is 2.17 bits per heavy atom. The van der Waals surface area contributed by atoms with Crippen LogP contribution in [-0.2, 0) is 14.8 Å². The molecule has 2 aromatic rings. The SMILES string of the molecule is CC(NS(=O)(=O)c1ccccc1)C(=O)Nc1cc(Cl)cc(Cl)c1. The molecule has 0 saturated carbocycles. The maximum atomic E-state index is 12.2. The van der Waals surface area contributed by atoms with Crippen LogP contribution < -0.4 is 10.0 Å². The Labute approximate surface area is 144 Å². The van der Waals surface area contributed by atoms with Crippen molar-refractivity contribution in [3.63, 3.8) is 0 Å². The summed E-state index contributed by atoms with van der Waals surface area (Å²) in [5.41, 5.74) is 0.387. The summed E-state index contributed by atoms with van der Waals surface area (Å²) in [6.45, 7) is 1.45.